The normalized spacial score (nSPS) is 10.1. The third kappa shape index (κ3) is 3.55. The number of nitrogens with one attached hydrogen (secondary N) is 1. The fraction of sp³-hybridized carbons (Fsp3) is 0.167. The highest BCUT2D eigenvalue weighted by Crippen LogP contribution is 2.10. The molecule has 0 radical (unpaired) electrons. The maximum atomic E-state index is 11.6. The van der Waals surface area contributed by atoms with Crippen molar-refractivity contribution in [2.75, 3.05) is 11.9 Å². The number of carboxylic acid groups (broad SMARTS) is 1. The van der Waals surface area contributed by atoms with E-state index >= 15 is 0 Å². The zero-order valence-corrected chi connectivity index (χ0v) is 10.5. The van der Waals surface area contributed by atoms with Crippen molar-refractivity contribution in [2.24, 2.45) is 0 Å². The first kappa shape index (κ1) is 13.5. The van der Waals surface area contributed by atoms with Crippen molar-refractivity contribution in [1.82, 2.24) is 10.1 Å². The van der Waals surface area contributed by atoms with E-state index in [9.17, 15) is 9.59 Å². The maximum absolute atomic E-state index is 11.6. The second kappa shape index (κ2) is 5.83. The number of ether oxygens (including phenoxy) is 1. The molecular formula is C12H11N3O5. The Kier molecular flexibility index (Phi) is 3.94. The van der Waals surface area contributed by atoms with Crippen molar-refractivity contribution in [2.45, 2.75) is 6.92 Å². The third-order valence-electron chi connectivity index (χ3n) is 2.24. The number of carbonyl (C=O) groups is 2. The standard InChI is InChI=1S/C12H11N3O5/c1-7-4-11(15-20-7)19-6-10(16)14-9-3-2-8(5-13-9)12(17)18/h2-5H,6H2,1H3,(H,17,18)(H,13,14,16). The topological polar surface area (TPSA) is 115 Å². The highest BCUT2D eigenvalue weighted by atomic mass is 16.5. The van der Waals surface area contributed by atoms with Crippen LogP contribution < -0.4 is 10.1 Å². The molecule has 0 saturated carbocycles. The summed E-state index contributed by atoms with van der Waals surface area (Å²) >= 11 is 0. The molecule has 0 aromatic carbocycles. The molecule has 2 aromatic heterocycles. The number of nitrogens with zero attached hydrogens (tertiary/aromatic N) is 2. The smallest absolute Gasteiger partial charge is 0.337 e. The zero-order valence-electron chi connectivity index (χ0n) is 10.5. The van der Waals surface area contributed by atoms with Crippen LogP contribution in [0.15, 0.2) is 28.9 Å². The fourth-order valence-corrected chi connectivity index (χ4v) is 1.32. The maximum Gasteiger partial charge on any atom is 0.337 e. The average Bonchev–Trinajstić information content (AvgIpc) is 2.83. The Morgan fingerprint density at radius 3 is 2.80 bits per heavy atom. The van der Waals surface area contributed by atoms with Crippen LogP contribution in [0.1, 0.15) is 16.1 Å². The predicted octanol–water partition coefficient (Wildman–Crippen LogP) is 1.09. The molecule has 20 heavy (non-hydrogen) atoms. The molecule has 8 heteroatoms. The van der Waals surface area contributed by atoms with E-state index in [4.69, 9.17) is 14.4 Å². The minimum Gasteiger partial charge on any atom is -0.478 e. The van der Waals surface area contributed by atoms with Crippen molar-refractivity contribution < 1.29 is 24.0 Å². The molecule has 0 aliphatic rings. The minimum absolute atomic E-state index is 0.0392. The molecule has 0 bridgehead atoms. The van der Waals surface area contributed by atoms with Crippen LogP contribution in [0, 0.1) is 6.92 Å². The summed E-state index contributed by atoms with van der Waals surface area (Å²) in [5.74, 6) is -0.501. The van der Waals surface area contributed by atoms with Crippen LogP contribution in [0.2, 0.25) is 0 Å². The largest absolute Gasteiger partial charge is 0.478 e. The van der Waals surface area contributed by atoms with E-state index in [2.05, 4.69) is 15.5 Å². The molecule has 0 fully saturated rings. The fourth-order valence-electron chi connectivity index (χ4n) is 1.32. The number of carboxylic acids is 1. The van der Waals surface area contributed by atoms with E-state index in [0.717, 1.165) is 6.20 Å². The average molecular weight is 277 g/mol. The third-order valence-corrected chi connectivity index (χ3v) is 2.24. The summed E-state index contributed by atoms with van der Waals surface area (Å²) in [7, 11) is 0. The van der Waals surface area contributed by atoms with Gasteiger partial charge in [0.25, 0.3) is 11.8 Å². The van der Waals surface area contributed by atoms with E-state index in [1.165, 1.54) is 12.1 Å². The van der Waals surface area contributed by atoms with E-state index in [0.29, 0.717) is 5.76 Å². The van der Waals surface area contributed by atoms with Gasteiger partial charge in [0.1, 0.15) is 11.6 Å². The Labute approximate surface area is 113 Å². The predicted molar refractivity (Wildman–Crippen MR) is 66.6 cm³/mol. The van der Waals surface area contributed by atoms with Crippen molar-refractivity contribution >= 4 is 17.7 Å². The molecule has 2 N–H and O–H groups in total. The summed E-state index contributed by atoms with van der Waals surface area (Å²) in [6, 6.07) is 4.28. The summed E-state index contributed by atoms with van der Waals surface area (Å²) < 4.78 is 9.86. The lowest BCUT2D eigenvalue weighted by atomic mass is 10.3. The Bertz CT molecular complexity index is 620. The van der Waals surface area contributed by atoms with Crippen LogP contribution >= 0.6 is 0 Å². The van der Waals surface area contributed by atoms with Crippen molar-refractivity contribution in [3.8, 4) is 5.88 Å². The SMILES string of the molecule is Cc1cc(OCC(=O)Nc2ccc(C(=O)O)cn2)no1. The Hall–Kier alpha value is -2.90. The lowest BCUT2D eigenvalue weighted by Crippen LogP contribution is -2.20. The minimum atomic E-state index is -1.08. The lowest BCUT2D eigenvalue weighted by Gasteiger charge is -2.04. The van der Waals surface area contributed by atoms with Gasteiger partial charge in [-0.1, -0.05) is 0 Å². The lowest BCUT2D eigenvalue weighted by molar-refractivity contribution is -0.118. The van der Waals surface area contributed by atoms with Gasteiger partial charge in [0.05, 0.1) is 5.56 Å². The molecule has 104 valence electrons. The molecule has 0 spiro atoms. The Morgan fingerprint density at radius 2 is 2.25 bits per heavy atom. The quantitative estimate of drug-likeness (QED) is 0.840. The number of aryl methyl sites for hydroxylation is 1. The first-order chi connectivity index (χ1) is 9.54. The molecule has 2 heterocycles. The molecule has 2 rings (SSSR count). The van der Waals surface area contributed by atoms with E-state index in [1.54, 1.807) is 13.0 Å². The van der Waals surface area contributed by atoms with Gasteiger partial charge in [0.15, 0.2) is 6.61 Å². The number of aromatic nitrogens is 2. The van der Waals surface area contributed by atoms with Crippen LogP contribution in [0.4, 0.5) is 5.82 Å². The summed E-state index contributed by atoms with van der Waals surface area (Å²) in [4.78, 5) is 26.0. The van der Waals surface area contributed by atoms with Gasteiger partial charge < -0.3 is 19.7 Å². The molecule has 0 aliphatic heterocycles. The van der Waals surface area contributed by atoms with Crippen LogP contribution in [-0.4, -0.2) is 33.7 Å². The van der Waals surface area contributed by atoms with Gasteiger partial charge in [-0.15, -0.1) is 0 Å². The number of amides is 1. The summed E-state index contributed by atoms with van der Waals surface area (Å²) in [6.07, 6.45) is 1.15. The first-order valence-corrected chi connectivity index (χ1v) is 5.60. The van der Waals surface area contributed by atoms with Crippen molar-refractivity contribution in [3.63, 3.8) is 0 Å². The van der Waals surface area contributed by atoms with Gasteiger partial charge in [-0.3, -0.25) is 4.79 Å². The van der Waals surface area contributed by atoms with Crippen LogP contribution in [0.25, 0.3) is 0 Å². The van der Waals surface area contributed by atoms with Gasteiger partial charge in [0.2, 0.25) is 0 Å². The van der Waals surface area contributed by atoms with Crippen LogP contribution in [0.3, 0.4) is 0 Å². The number of rotatable bonds is 5. The molecule has 0 unspecified atom stereocenters. The van der Waals surface area contributed by atoms with E-state index < -0.39 is 11.9 Å². The molecule has 0 aliphatic carbocycles. The monoisotopic (exact) mass is 277 g/mol. The second-order valence-electron chi connectivity index (χ2n) is 3.85. The van der Waals surface area contributed by atoms with Gasteiger partial charge in [-0.2, -0.15) is 0 Å². The highest BCUT2D eigenvalue weighted by Gasteiger charge is 2.08. The van der Waals surface area contributed by atoms with Crippen LogP contribution in [0.5, 0.6) is 5.88 Å². The number of carbonyl (C=O) groups excluding carboxylic acids is 1. The van der Waals surface area contributed by atoms with Gasteiger partial charge in [-0.05, 0) is 24.2 Å². The van der Waals surface area contributed by atoms with Crippen molar-refractivity contribution in [3.05, 3.63) is 35.7 Å². The molecular weight excluding hydrogens is 266 g/mol. The Morgan fingerprint density at radius 1 is 1.45 bits per heavy atom. The van der Waals surface area contributed by atoms with Gasteiger partial charge in [0, 0.05) is 12.3 Å². The molecule has 0 atom stereocenters. The number of hydrogen-bond acceptors (Lipinski definition) is 6. The molecule has 0 saturated heterocycles. The summed E-state index contributed by atoms with van der Waals surface area (Å²) in [6.45, 7) is 1.45. The first-order valence-electron chi connectivity index (χ1n) is 5.60. The highest BCUT2D eigenvalue weighted by molar-refractivity contribution is 5.92. The summed E-state index contributed by atoms with van der Waals surface area (Å²) in [5.41, 5.74) is 0.0392. The van der Waals surface area contributed by atoms with E-state index in [-0.39, 0.29) is 23.9 Å². The Balaban J connectivity index is 1.86. The molecule has 8 nitrogen and oxygen atoms in total. The van der Waals surface area contributed by atoms with Crippen molar-refractivity contribution in [1.29, 1.82) is 0 Å². The molecule has 1 amide bonds. The summed E-state index contributed by atoms with van der Waals surface area (Å²) in [5, 5.41) is 14.7. The van der Waals surface area contributed by atoms with Crippen LogP contribution in [-0.2, 0) is 4.79 Å². The zero-order chi connectivity index (χ0) is 14.5. The van der Waals surface area contributed by atoms with Gasteiger partial charge >= 0.3 is 5.97 Å². The van der Waals surface area contributed by atoms with E-state index in [1.807, 2.05) is 0 Å². The number of hydrogen-bond donors (Lipinski definition) is 2. The molecule has 2 aromatic rings. The number of anilines is 1. The van der Waals surface area contributed by atoms with Gasteiger partial charge in [-0.25, -0.2) is 9.78 Å². The second-order valence-corrected chi connectivity index (χ2v) is 3.85. The number of pyridine rings is 1. The number of aromatic carboxylic acids is 1.